The summed E-state index contributed by atoms with van der Waals surface area (Å²) in [5, 5.41) is 13.5. The number of nitrogens with one attached hydrogen (secondary N) is 1. The summed E-state index contributed by atoms with van der Waals surface area (Å²) in [6, 6.07) is 9.78. The van der Waals surface area contributed by atoms with E-state index in [0.717, 1.165) is 59.4 Å². The first-order valence-electron chi connectivity index (χ1n) is 12.0. The third-order valence-corrected chi connectivity index (χ3v) is 6.63. The molecule has 1 saturated carbocycles. The molecule has 0 saturated heterocycles. The van der Waals surface area contributed by atoms with E-state index in [1.807, 2.05) is 57.0 Å². The Morgan fingerprint density at radius 1 is 1.14 bits per heavy atom. The van der Waals surface area contributed by atoms with Gasteiger partial charge in [-0.15, -0.1) is 0 Å². The number of rotatable bonds is 6. The van der Waals surface area contributed by atoms with Crippen LogP contribution in [0, 0.1) is 0 Å². The molecular formula is C26H33N7O2. The Labute approximate surface area is 206 Å². The predicted molar refractivity (Wildman–Crippen MR) is 138 cm³/mol. The normalized spacial score (nSPS) is 17.9. The molecule has 1 aliphatic rings. The Bertz CT molecular complexity index is 1340. The van der Waals surface area contributed by atoms with Crippen LogP contribution < -0.4 is 10.1 Å². The molecule has 5 rings (SSSR count). The molecule has 0 spiro atoms. The first-order chi connectivity index (χ1) is 16.9. The van der Waals surface area contributed by atoms with Crippen molar-refractivity contribution in [1.82, 2.24) is 29.4 Å². The molecule has 3 aromatic heterocycles. The number of hydrogen-bond donors (Lipinski definition) is 1. The lowest BCUT2D eigenvalue weighted by molar-refractivity contribution is 0.0827. The van der Waals surface area contributed by atoms with E-state index in [0.29, 0.717) is 5.56 Å². The van der Waals surface area contributed by atoms with E-state index in [1.54, 1.807) is 23.7 Å². The number of hydrogen-bond acceptors (Lipinski definition) is 6. The molecule has 0 radical (unpaired) electrons. The molecule has 1 N–H and O–H groups in total. The second-order valence-electron chi connectivity index (χ2n) is 9.30. The van der Waals surface area contributed by atoms with Crippen LogP contribution in [0.3, 0.4) is 0 Å². The summed E-state index contributed by atoms with van der Waals surface area (Å²) in [4.78, 5) is 18.2. The lowest BCUT2D eigenvalue weighted by Crippen LogP contribution is -2.26. The van der Waals surface area contributed by atoms with Crippen molar-refractivity contribution in [3.8, 4) is 17.0 Å². The monoisotopic (exact) mass is 475 g/mol. The second kappa shape index (κ2) is 9.40. The van der Waals surface area contributed by atoms with Gasteiger partial charge in [-0.2, -0.15) is 10.2 Å². The molecule has 1 fully saturated rings. The zero-order valence-corrected chi connectivity index (χ0v) is 20.6. The van der Waals surface area contributed by atoms with Gasteiger partial charge in [0.15, 0.2) is 0 Å². The summed E-state index contributed by atoms with van der Waals surface area (Å²) >= 11 is 0. The predicted octanol–water partition coefficient (Wildman–Crippen LogP) is 4.38. The molecule has 3 heterocycles. The van der Waals surface area contributed by atoms with Crippen LogP contribution in [0.5, 0.6) is 5.75 Å². The summed E-state index contributed by atoms with van der Waals surface area (Å²) in [6.45, 7) is 0. The topological polar surface area (TPSA) is 90.1 Å². The van der Waals surface area contributed by atoms with E-state index in [9.17, 15) is 4.79 Å². The van der Waals surface area contributed by atoms with Gasteiger partial charge in [-0.05, 0) is 49.9 Å². The van der Waals surface area contributed by atoms with Crippen molar-refractivity contribution < 1.29 is 11.0 Å². The van der Waals surface area contributed by atoms with E-state index in [-0.39, 0.29) is 19.5 Å². The number of benzene rings is 1. The SMILES string of the molecule is CNc1cc2c(cn1)c(-c1cnn(C)c1)nn2C1CCC(Oc2ccc(C(=O)N(C)C)cc2)CC1.[HH]. The van der Waals surface area contributed by atoms with E-state index in [4.69, 9.17) is 9.84 Å². The van der Waals surface area contributed by atoms with Crippen LogP contribution in [0.15, 0.2) is 48.9 Å². The number of anilines is 1. The first-order valence-corrected chi connectivity index (χ1v) is 12.0. The molecule has 1 amide bonds. The maximum absolute atomic E-state index is 12.1. The highest BCUT2D eigenvalue weighted by atomic mass is 16.5. The highest BCUT2D eigenvalue weighted by molar-refractivity contribution is 5.94. The Kier molecular flexibility index (Phi) is 6.15. The molecule has 1 aromatic carbocycles. The molecule has 9 nitrogen and oxygen atoms in total. The zero-order valence-electron chi connectivity index (χ0n) is 20.6. The zero-order chi connectivity index (χ0) is 24.5. The van der Waals surface area contributed by atoms with Gasteiger partial charge in [-0.1, -0.05) is 0 Å². The van der Waals surface area contributed by atoms with E-state index >= 15 is 0 Å². The molecule has 1 aliphatic carbocycles. The van der Waals surface area contributed by atoms with Crippen LogP contribution in [0.2, 0.25) is 0 Å². The number of ether oxygens (including phenoxy) is 1. The van der Waals surface area contributed by atoms with Crippen molar-refractivity contribution in [3.05, 3.63) is 54.5 Å². The minimum absolute atomic E-state index is 0. The number of carbonyl (C=O) groups excluding carboxylic acids is 1. The van der Waals surface area contributed by atoms with Gasteiger partial charge in [0.1, 0.15) is 17.3 Å². The Balaban J connectivity index is 0.00000304. The Morgan fingerprint density at radius 2 is 1.89 bits per heavy atom. The van der Waals surface area contributed by atoms with Crippen molar-refractivity contribution >= 4 is 22.6 Å². The number of pyridine rings is 1. The van der Waals surface area contributed by atoms with E-state index in [1.165, 1.54) is 0 Å². The van der Waals surface area contributed by atoms with Crippen LogP contribution in [0.25, 0.3) is 22.2 Å². The molecule has 35 heavy (non-hydrogen) atoms. The number of amides is 1. The van der Waals surface area contributed by atoms with Crippen molar-refractivity contribution in [2.75, 3.05) is 26.5 Å². The standard InChI is InChI=1S/C26H31N7O2.H2/c1-27-24-13-23-22(15-28-24)25(18-14-29-32(4)16-18)30-33(23)19-7-11-21(12-8-19)35-20-9-5-17(6-10-20)26(34)31(2)3;/h5-6,9-10,13-16,19,21H,7-8,11-12H2,1-4H3,(H,27,28);1H. The number of carbonyl (C=O) groups is 1. The molecule has 0 bridgehead atoms. The maximum atomic E-state index is 12.1. The second-order valence-corrected chi connectivity index (χ2v) is 9.30. The van der Waals surface area contributed by atoms with E-state index < -0.39 is 0 Å². The Morgan fingerprint density at radius 3 is 2.51 bits per heavy atom. The summed E-state index contributed by atoms with van der Waals surface area (Å²) in [7, 11) is 7.30. The summed E-state index contributed by atoms with van der Waals surface area (Å²) in [6.07, 6.45) is 9.71. The average Bonchev–Trinajstić information content (AvgIpc) is 3.47. The van der Waals surface area contributed by atoms with Gasteiger partial charge in [-0.25, -0.2) is 4.98 Å². The van der Waals surface area contributed by atoms with Gasteiger partial charge < -0.3 is 15.0 Å². The number of nitrogens with zero attached hydrogens (tertiary/aromatic N) is 6. The fourth-order valence-corrected chi connectivity index (χ4v) is 4.74. The van der Waals surface area contributed by atoms with Crippen molar-refractivity contribution in [3.63, 3.8) is 0 Å². The van der Waals surface area contributed by atoms with Gasteiger partial charge in [0.05, 0.1) is 23.9 Å². The fourth-order valence-electron chi connectivity index (χ4n) is 4.74. The molecule has 9 heteroatoms. The number of aryl methyl sites for hydroxylation is 1. The first kappa shape index (κ1) is 22.9. The van der Waals surface area contributed by atoms with Gasteiger partial charge in [0.2, 0.25) is 0 Å². The smallest absolute Gasteiger partial charge is 0.253 e. The lowest BCUT2D eigenvalue weighted by Gasteiger charge is -2.29. The van der Waals surface area contributed by atoms with Gasteiger partial charge in [0, 0.05) is 64.6 Å². The molecule has 0 atom stereocenters. The summed E-state index contributed by atoms with van der Waals surface area (Å²) in [5.41, 5.74) is 3.64. The number of aromatic nitrogens is 5. The van der Waals surface area contributed by atoms with E-state index in [2.05, 4.69) is 26.1 Å². The average molecular weight is 476 g/mol. The van der Waals surface area contributed by atoms with Crippen LogP contribution in [0.4, 0.5) is 5.82 Å². The van der Waals surface area contributed by atoms with Crippen molar-refractivity contribution in [2.45, 2.75) is 37.8 Å². The maximum Gasteiger partial charge on any atom is 0.253 e. The van der Waals surface area contributed by atoms with Crippen molar-refractivity contribution in [2.24, 2.45) is 7.05 Å². The minimum Gasteiger partial charge on any atom is -0.490 e. The summed E-state index contributed by atoms with van der Waals surface area (Å²) < 4.78 is 10.2. The molecule has 0 unspecified atom stereocenters. The van der Waals surface area contributed by atoms with Gasteiger partial charge in [0.25, 0.3) is 5.91 Å². The Hall–Kier alpha value is -3.88. The largest absolute Gasteiger partial charge is 0.490 e. The fraction of sp³-hybridized carbons (Fsp3) is 0.385. The highest BCUT2D eigenvalue weighted by Gasteiger charge is 2.27. The number of fused-ring (bicyclic) bond motifs is 1. The van der Waals surface area contributed by atoms with Gasteiger partial charge in [-0.3, -0.25) is 14.2 Å². The third-order valence-electron chi connectivity index (χ3n) is 6.63. The molecule has 4 aromatic rings. The lowest BCUT2D eigenvalue weighted by atomic mass is 9.93. The van der Waals surface area contributed by atoms with Crippen LogP contribution in [-0.4, -0.2) is 62.6 Å². The van der Waals surface area contributed by atoms with Crippen LogP contribution in [0.1, 0.15) is 43.5 Å². The molecule has 0 aliphatic heterocycles. The van der Waals surface area contributed by atoms with Gasteiger partial charge >= 0.3 is 0 Å². The molecule has 184 valence electrons. The van der Waals surface area contributed by atoms with Crippen LogP contribution in [-0.2, 0) is 7.05 Å². The highest BCUT2D eigenvalue weighted by Crippen LogP contribution is 2.36. The third kappa shape index (κ3) is 4.58. The molecular weight excluding hydrogens is 442 g/mol. The van der Waals surface area contributed by atoms with Crippen LogP contribution >= 0.6 is 0 Å². The minimum atomic E-state index is -0.00853. The summed E-state index contributed by atoms with van der Waals surface area (Å²) in [5.74, 6) is 1.62. The van der Waals surface area contributed by atoms with Crippen molar-refractivity contribution in [1.29, 1.82) is 0 Å². The quantitative estimate of drug-likeness (QED) is 0.445.